The SMILES string of the molecule is C=C(C)C(=O)NCc1nc2ccccc2n1CCCOc1ccc(C(C)CC)cc1. The molecule has 0 aliphatic rings. The summed E-state index contributed by atoms with van der Waals surface area (Å²) in [5.74, 6) is 2.14. The highest BCUT2D eigenvalue weighted by atomic mass is 16.5. The lowest BCUT2D eigenvalue weighted by molar-refractivity contribution is -0.117. The summed E-state index contributed by atoms with van der Waals surface area (Å²) in [6, 6.07) is 16.4. The van der Waals surface area contributed by atoms with Crippen LogP contribution in [-0.4, -0.2) is 22.1 Å². The van der Waals surface area contributed by atoms with E-state index in [4.69, 9.17) is 9.72 Å². The maximum absolute atomic E-state index is 11.9. The number of amides is 1. The second-order valence-corrected chi connectivity index (χ2v) is 7.71. The number of nitrogens with zero attached hydrogens (tertiary/aromatic N) is 2. The van der Waals surface area contributed by atoms with Gasteiger partial charge in [-0.05, 0) is 55.5 Å². The lowest BCUT2D eigenvalue weighted by Gasteiger charge is -2.12. The zero-order valence-corrected chi connectivity index (χ0v) is 18.1. The van der Waals surface area contributed by atoms with Gasteiger partial charge in [0.25, 0.3) is 0 Å². The summed E-state index contributed by atoms with van der Waals surface area (Å²) in [5.41, 5.74) is 3.83. The van der Waals surface area contributed by atoms with E-state index in [0.29, 0.717) is 24.6 Å². The van der Waals surface area contributed by atoms with Gasteiger partial charge in [-0.1, -0.05) is 44.7 Å². The standard InChI is InChI=1S/C25H31N3O2/c1-5-19(4)20-11-13-21(14-12-20)30-16-8-15-28-23-10-7-6-9-22(23)27-24(28)17-26-25(29)18(2)3/h6-7,9-14,19H,2,5,8,15-17H2,1,3-4H3,(H,26,29). The Hall–Kier alpha value is -3.08. The highest BCUT2D eigenvalue weighted by molar-refractivity contribution is 5.92. The summed E-state index contributed by atoms with van der Waals surface area (Å²) in [6.45, 7) is 11.6. The molecule has 0 saturated carbocycles. The van der Waals surface area contributed by atoms with Gasteiger partial charge in [0, 0.05) is 12.1 Å². The largest absolute Gasteiger partial charge is 0.494 e. The third-order valence-electron chi connectivity index (χ3n) is 5.38. The van der Waals surface area contributed by atoms with Gasteiger partial charge in [-0.2, -0.15) is 0 Å². The Morgan fingerprint density at radius 3 is 2.63 bits per heavy atom. The Labute approximate surface area is 178 Å². The Balaban J connectivity index is 1.61. The quantitative estimate of drug-likeness (QED) is 0.372. The van der Waals surface area contributed by atoms with Crippen LogP contribution in [-0.2, 0) is 17.9 Å². The number of carbonyl (C=O) groups is 1. The smallest absolute Gasteiger partial charge is 0.246 e. The number of para-hydroxylation sites is 2. The van der Waals surface area contributed by atoms with E-state index >= 15 is 0 Å². The van der Waals surface area contributed by atoms with Crippen molar-refractivity contribution in [2.24, 2.45) is 0 Å². The van der Waals surface area contributed by atoms with Crippen molar-refractivity contribution in [2.45, 2.75) is 52.6 Å². The van der Waals surface area contributed by atoms with E-state index in [2.05, 4.69) is 48.5 Å². The predicted molar refractivity (Wildman–Crippen MR) is 122 cm³/mol. The van der Waals surface area contributed by atoms with Gasteiger partial charge in [-0.15, -0.1) is 0 Å². The van der Waals surface area contributed by atoms with E-state index < -0.39 is 0 Å². The number of hydrogen-bond donors (Lipinski definition) is 1. The summed E-state index contributed by atoms with van der Waals surface area (Å²) in [7, 11) is 0. The van der Waals surface area contributed by atoms with Crippen molar-refractivity contribution in [3.05, 3.63) is 72.1 Å². The monoisotopic (exact) mass is 405 g/mol. The number of fused-ring (bicyclic) bond motifs is 1. The Kier molecular flexibility index (Phi) is 7.28. The second-order valence-electron chi connectivity index (χ2n) is 7.71. The molecule has 3 aromatic rings. The molecule has 158 valence electrons. The molecule has 0 spiro atoms. The van der Waals surface area contributed by atoms with Crippen molar-refractivity contribution in [3.8, 4) is 5.75 Å². The predicted octanol–water partition coefficient (Wildman–Crippen LogP) is 5.21. The van der Waals surface area contributed by atoms with Gasteiger partial charge in [0.1, 0.15) is 11.6 Å². The van der Waals surface area contributed by atoms with Crippen LogP contribution < -0.4 is 10.1 Å². The molecule has 5 nitrogen and oxygen atoms in total. The van der Waals surface area contributed by atoms with Crippen LogP contribution >= 0.6 is 0 Å². The number of imidazole rings is 1. The first-order valence-electron chi connectivity index (χ1n) is 10.6. The molecule has 0 fully saturated rings. The molecule has 1 aromatic heterocycles. The van der Waals surface area contributed by atoms with E-state index in [1.165, 1.54) is 5.56 Å². The third-order valence-corrected chi connectivity index (χ3v) is 5.38. The molecule has 30 heavy (non-hydrogen) atoms. The molecule has 0 aliphatic heterocycles. The Bertz CT molecular complexity index is 1000. The van der Waals surface area contributed by atoms with Crippen molar-refractivity contribution < 1.29 is 9.53 Å². The molecule has 1 N–H and O–H groups in total. The first kappa shape index (κ1) is 21.6. The molecule has 0 radical (unpaired) electrons. The van der Waals surface area contributed by atoms with Crippen LogP contribution in [0.5, 0.6) is 5.75 Å². The van der Waals surface area contributed by atoms with Crippen LogP contribution in [0.4, 0.5) is 0 Å². The van der Waals surface area contributed by atoms with Crippen LogP contribution in [0, 0.1) is 0 Å². The van der Waals surface area contributed by atoms with Gasteiger partial charge in [0.15, 0.2) is 0 Å². The van der Waals surface area contributed by atoms with Gasteiger partial charge >= 0.3 is 0 Å². The number of carbonyl (C=O) groups excluding carboxylic acids is 1. The number of hydrogen-bond acceptors (Lipinski definition) is 3. The minimum Gasteiger partial charge on any atom is -0.494 e. The molecule has 0 saturated heterocycles. The van der Waals surface area contributed by atoms with Crippen molar-refractivity contribution in [2.75, 3.05) is 6.61 Å². The van der Waals surface area contributed by atoms with Crippen molar-refractivity contribution >= 4 is 16.9 Å². The normalized spacial score (nSPS) is 12.0. The van der Waals surface area contributed by atoms with Crippen LogP contribution in [0.1, 0.15) is 50.9 Å². The highest BCUT2D eigenvalue weighted by Crippen LogP contribution is 2.22. The summed E-state index contributed by atoms with van der Waals surface area (Å²) in [4.78, 5) is 16.6. The minimum absolute atomic E-state index is 0.155. The maximum atomic E-state index is 11.9. The van der Waals surface area contributed by atoms with E-state index in [0.717, 1.165) is 42.0 Å². The molecular weight excluding hydrogens is 374 g/mol. The third kappa shape index (κ3) is 5.29. The molecule has 1 unspecified atom stereocenters. The van der Waals surface area contributed by atoms with Crippen molar-refractivity contribution in [1.82, 2.24) is 14.9 Å². The molecular formula is C25H31N3O2. The molecule has 3 rings (SSSR count). The van der Waals surface area contributed by atoms with E-state index in [1.807, 2.05) is 30.3 Å². The van der Waals surface area contributed by atoms with E-state index in [-0.39, 0.29) is 5.91 Å². The zero-order chi connectivity index (χ0) is 21.5. The van der Waals surface area contributed by atoms with Crippen LogP contribution in [0.3, 0.4) is 0 Å². The van der Waals surface area contributed by atoms with Crippen LogP contribution in [0.2, 0.25) is 0 Å². The average molecular weight is 406 g/mol. The molecule has 1 amide bonds. The van der Waals surface area contributed by atoms with Crippen LogP contribution in [0.25, 0.3) is 11.0 Å². The molecule has 5 heteroatoms. The van der Waals surface area contributed by atoms with E-state index in [9.17, 15) is 4.79 Å². The maximum Gasteiger partial charge on any atom is 0.246 e. The number of ether oxygens (including phenoxy) is 1. The molecule has 1 atom stereocenters. The lowest BCUT2D eigenvalue weighted by atomic mass is 9.99. The topological polar surface area (TPSA) is 56.2 Å². The zero-order valence-electron chi connectivity index (χ0n) is 18.1. The lowest BCUT2D eigenvalue weighted by Crippen LogP contribution is -2.25. The van der Waals surface area contributed by atoms with Gasteiger partial charge < -0.3 is 14.6 Å². The number of benzene rings is 2. The van der Waals surface area contributed by atoms with Gasteiger partial charge in [0.2, 0.25) is 5.91 Å². The molecule has 1 heterocycles. The fourth-order valence-corrected chi connectivity index (χ4v) is 3.36. The number of aromatic nitrogens is 2. The first-order valence-corrected chi connectivity index (χ1v) is 10.6. The van der Waals surface area contributed by atoms with Crippen molar-refractivity contribution in [3.63, 3.8) is 0 Å². The first-order chi connectivity index (χ1) is 14.5. The van der Waals surface area contributed by atoms with Gasteiger partial charge in [0.05, 0.1) is 24.2 Å². The number of nitrogens with one attached hydrogen (secondary N) is 1. The number of aryl methyl sites for hydroxylation is 1. The summed E-state index contributed by atoms with van der Waals surface area (Å²) >= 11 is 0. The van der Waals surface area contributed by atoms with Crippen LogP contribution in [0.15, 0.2) is 60.7 Å². The summed E-state index contributed by atoms with van der Waals surface area (Å²) in [6.07, 6.45) is 1.98. The van der Waals surface area contributed by atoms with Gasteiger partial charge in [-0.25, -0.2) is 4.98 Å². The fraction of sp³-hybridized carbons (Fsp3) is 0.360. The Morgan fingerprint density at radius 1 is 1.20 bits per heavy atom. The minimum atomic E-state index is -0.155. The fourth-order valence-electron chi connectivity index (χ4n) is 3.36. The molecule has 2 aromatic carbocycles. The average Bonchev–Trinajstić information content (AvgIpc) is 3.12. The number of rotatable bonds is 10. The van der Waals surface area contributed by atoms with Gasteiger partial charge in [-0.3, -0.25) is 4.79 Å². The summed E-state index contributed by atoms with van der Waals surface area (Å²) < 4.78 is 8.10. The Morgan fingerprint density at radius 2 is 1.93 bits per heavy atom. The van der Waals surface area contributed by atoms with Crippen molar-refractivity contribution in [1.29, 1.82) is 0 Å². The summed E-state index contributed by atoms with van der Waals surface area (Å²) in [5, 5.41) is 2.88. The highest BCUT2D eigenvalue weighted by Gasteiger charge is 2.12. The van der Waals surface area contributed by atoms with E-state index in [1.54, 1.807) is 6.92 Å². The molecule has 0 aliphatic carbocycles. The second kappa shape index (κ2) is 10.1. The molecule has 0 bridgehead atoms.